The van der Waals surface area contributed by atoms with E-state index >= 15 is 0 Å². The molecule has 3 rings (SSSR count). The van der Waals surface area contributed by atoms with Crippen LogP contribution in [0.2, 0.25) is 0 Å². The van der Waals surface area contributed by atoms with Crippen molar-refractivity contribution in [1.82, 2.24) is 20.5 Å². The lowest BCUT2D eigenvalue weighted by atomic mass is 9.89. The summed E-state index contributed by atoms with van der Waals surface area (Å²) in [5, 5.41) is 11.2. The lowest BCUT2D eigenvalue weighted by molar-refractivity contribution is -0.121. The van der Waals surface area contributed by atoms with E-state index in [2.05, 4.69) is 20.5 Å². The van der Waals surface area contributed by atoms with Crippen LogP contribution < -0.4 is 20.3 Å². The number of carbonyl (C=O) groups excluding carboxylic acids is 1. The predicted octanol–water partition coefficient (Wildman–Crippen LogP) is 3.26. The van der Waals surface area contributed by atoms with Crippen molar-refractivity contribution in [2.45, 2.75) is 58.3 Å². The van der Waals surface area contributed by atoms with Crippen molar-refractivity contribution >= 4 is 5.91 Å². The average molecular weight is 429 g/mol. The molecule has 1 aliphatic carbocycles. The number of hydrogen-bond acceptors (Lipinski definition) is 6. The van der Waals surface area contributed by atoms with Crippen molar-refractivity contribution in [3.8, 4) is 22.9 Å². The number of nitrogens with one attached hydrogen (secondary N) is 2. The molecule has 1 saturated carbocycles. The summed E-state index contributed by atoms with van der Waals surface area (Å²) in [7, 11) is 1.56. The maximum atomic E-state index is 12.4. The Kier molecular flexibility index (Phi) is 8.44. The van der Waals surface area contributed by atoms with E-state index in [1.807, 2.05) is 6.92 Å². The molecule has 0 aliphatic heterocycles. The number of carbonyl (C=O) groups is 1. The van der Waals surface area contributed by atoms with E-state index in [4.69, 9.17) is 9.47 Å². The highest BCUT2D eigenvalue weighted by Crippen LogP contribution is 2.31. The van der Waals surface area contributed by atoms with Gasteiger partial charge in [-0.15, -0.1) is 10.2 Å². The number of methoxy groups -OCH3 is 1. The van der Waals surface area contributed by atoms with Crippen molar-refractivity contribution in [2.75, 3.05) is 20.3 Å². The number of aromatic nitrogens is 3. The Hall–Kier alpha value is -2.90. The molecule has 0 radical (unpaired) electrons. The molecule has 168 valence electrons. The van der Waals surface area contributed by atoms with Gasteiger partial charge in [0.15, 0.2) is 17.3 Å². The molecule has 0 atom stereocenters. The van der Waals surface area contributed by atoms with Crippen LogP contribution in [0, 0.1) is 5.92 Å². The first-order valence-electron chi connectivity index (χ1n) is 11.1. The molecular formula is C23H32N4O4. The van der Waals surface area contributed by atoms with Gasteiger partial charge in [0.25, 0.3) is 5.56 Å². The number of aromatic amines is 1. The minimum atomic E-state index is -0.338. The maximum Gasteiger partial charge on any atom is 0.273 e. The molecule has 1 aromatic heterocycles. The van der Waals surface area contributed by atoms with Gasteiger partial charge in [0, 0.05) is 24.9 Å². The standard InChI is InChI=1S/C23H32N4O4/c1-3-13-31-19-11-9-17(14-20(19)30-2)22-25-23(29)18(26-27-22)10-12-21(28)24-15-16-7-5-4-6-8-16/h9,11,14,16H,3-8,10,12-13,15H2,1-2H3,(H,24,28)(H,25,27,29). The van der Waals surface area contributed by atoms with Gasteiger partial charge in [-0.25, -0.2) is 0 Å². The maximum absolute atomic E-state index is 12.4. The van der Waals surface area contributed by atoms with E-state index in [0.29, 0.717) is 35.4 Å². The Morgan fingerprint density at radius 1 is 1.19 bits per heavy atom. The summed E-state index contributed by atoms with van der Waals surface area (Å²) in [6.45, 7) is 3.35. The van der Waals surface area contributed by atoms with Crippen LogP contribution in [0.4, 0.5) is 0 Å². The summed E-state index contributed by atoms with van der Waals surface area (Å²) in [6.07, 6.45) is 7.53. The van der Waals surface area contributed by atoms with Crippen LogP contribution in [0.15, 0.2) is 23.0 Å². The number of amides is 1. The van der Waals surface area contributed by atoms with Gasteiger partial charge < -0.3 is 19.8 Å². The minimum Gasteiger partial charge on any atom is -0.493 e. The second-order valence-electron chi connectivity index (χ2n) is 7.97. The fourth-order valence-corrected chi connectivity index (χ4v) is 3.77. The van der Waals surface area contributed by atoms with E-state index in [1.165, 1.54) is 32.1 Å². The van der Waals surface area contributed by atoms with Crippen LogP contribution in [0.3, 0.4) is 0 Å². The van der Waals surface area contributed by atoms with E-state index in [1.54, 1.807) is 25.3 Å². The van der Waals surface area contributed by atoms with Gasteiger partial charge in [-0.05, 0) is 43.4 Å². The normalized spacial score (nSPS) is 14.3. The Balaban J connectivity index is 1.58. The molecule has 1 amide bonds. The Morgan fingerprint density at radius 2 is 2.00 bits per heavy atom. The highest BCUT2D eigenvalue weighted by molar-refractivity contribution is 5.76. The second kappa shape index (κ2) is 11.5. The molecular weight excluding hydrogens is 396 g/mol. The topological polar surface area (TPSA) is 106 Å². The van der Waals surface area contributed by atoms with Gasteiger partial charge >= 0.3 is 0 Å². The van der Waals surface area contributed by atoms with Crippen LogP contribution in [0.1, 0.15) is 57.6 Å². The van der Waals surface area contributed by atoms with Crippen molar-refractivity contribution in [3.05, 3.63) is 34.2 Å². The van der Waals surface area contributed by atoms with Crippen molar-refractivity contribution in [3.63, 3.8) is 0 Å². The third kappa shape index (κ3) is 6.54. The number of hydrogen-bond donors (Lipinski definition) is 2. The molecule has 2 aromatic rings. The lowest BCUT2D eigenvalue weighted by Gasteiger charge is -2.21. The minimum absolute atomic E-state index is 0.0525. The Morgan fingerprint density at radius 3 is 2.71 bits per heavy atom. The quantitative estimate of drug-likeness (QED) is 0.602. The number of H-pyrrole nitrogens is 1. The smallest absolute Gasteiger partial charge is 0.273 e. The zero-order valence-electron chi connectivity index (χ0n) is 18.4. The summed E-state index contributed by atoms with van der Waals surface area (Å²) in [4.78, 5) is 27.3. The van der Waals surface area contributed by atoms with Gasteiger partial charge in [0.05, 0.1) is 13.7 Å². The molecule has 1 fully saturated rings. The molecule has 2 N–H and O–H groups in total. The van der Waals surface area contributed by atoms with Gasteiger partial charge in [-0.2, -0.15) is 0 Å². The molecule has 8 nitrogen and oxygen atoms in total. The van der Waals surface area contributed by atoms with E-state index in [9.17, 15) is 9.59 Å². The average Bonchev–Trinajstić information content (AvgIpc) is 2.81. The second-order valence-corrected chi connectivity index (χ2v) is 7.97. The number of ether oxygens (including phenoxy) is 2. The molecule has 31 heavy (non-hydrogen) atoms. The van der Waals surface area contributed by atoms with E-state index in [0.717, 1.165) is 13.0 Å². The highest BCUT2D eigenvalue weighted by atomic mass is 16.5. The number of aryl methyl sites for hydroxylation is 1. The number of nitrogens with zero attached hydrogens (tertiary/aromatic N) is 2. The lowest BCUT2D eigenvalue weighted by Crippen LogP contribution is -2.31. The molecule has 1 aromatic carbocycles. The van der Waals surface area contributed by atoms with Crippen LogP contribution in [0.25, 0.3) is 11.4 Å². The fraction of sp³-hybridized carbons (Fsp3) is 0.565. The molecule has 0 spiro atoms. The third-order valence-corrected chi connectivity index (χ3v) is 5.57. The van der Waals surface area contributed by atoms with Crippen molar-refractivity contribution in [2.24, 2.45) is 5.92 Å². The number of benzene rings is 1. The fourth-order valence-electron chi connectivity index (χ4n) is 3.77. The van der Waals surface area contributed by atoms with Crippen LogP contribution in [0.5, 0.6) is 11.5 Å². The van der Waals surface area contributed by atoms with Gasteiger partial charge in [-0.1, -0.05) is 26.2 Å². The van der Waals surface area contributed by atoms with Gasteiger partial charge in [0.2, 0.25) is 5.91 Å². The van der Waals surface area contributed by atoms with Crippen molar-refractivity contribution < 1.29 is 14.3 Å². The summed E-state index contributed by atoms with van der Waals surface area (Å²) >= 11 is 0. The molecule has 1 heterocycles. The third-order valence-electron chi connectivity index (χ3n) is 5.57. The molecule has 1 aliphatic rings. The van der Waals surface area contributed by atoms with Crippen molar-refractivity contribution in [1.29, 1.82) is 0 Å². The molecule has 0 bridgehead atoms. The predicted molar refractivity (Wildman–Crippen MR) is 118 cm³/mol. The zero-order valence-corrected chi connectivity index (χ0v) is 18.4. The van der Waals surface area contributed by atoms with Gasteiger partial charge in [0.1, 0.15) is 5.69 Å². The largest absolute Gasteiger partial charge is 0.493 e. The first-order chi connectivity index (χ1) is 15.1. The van der Waals surface area contributed by atoms with E-state index < -0.39 is 0 Å². The van der Waals surface area contributed by atoms with Crippen LogP contribution >= 0.6 is 0 Å². The summed E-state index contributed by atoms with van der Waals surface area (Å²) < 4.78 is 11.0. The van der Waals surface area contributed by atoms with Gasteiger partial charge in [-0.3, -0.25) is 9.59 Å². The summed E-state index contributed by atoms with van der Waals surface area (Å²) in [5.74, 6) is 2.07. The van der Waals surface area contributed by atoms with Crippen LogP contribution in [-0.2, 0) is 11.2 Å². The number of rotatable bonds is 10. The SMILES string of the molecule is CCCOc1ccc(-c2nnc(CCC(=O)NCC3CCCCC3)c(=O)[nH]2)cc1OC. The highest BCUT2D eigenvalue weighted by Gasteiger charge is 2.15. The Labute approximate surface area is 182 Å². The summed E-state index contributed by atoms with van der Waals surface area (Å²) in [5.41, 5.74) is 0.587. The first-order valence-corrected chi connectivity index (χ1v) is 11.1. The molecule has 8 heteroatoms. The first kappa shape index (κ1) is 22.8. The monoisotopic (exact) mass is 428 g/mol. The molecule has 0 saturated heterocycles. The van der Waals surface area contributed by atoms with Crippen LogP contribution in [-0.4, -0.2) is 41.3 Å². The zero-order chi connectivity index (χ0) is 22.1. The molecule has 0 unspecified atom stereocenters. The Bertz CT molecular complexity index is 922. The summed E-state index contributed by atoms with van der Waals surface area (Å²) in [6, 6.07) is 5.34. The van der Waals surface area contributed by atoms with E-state index in [-0.39, 0.29) is 30.0 Å².